The van der Waals surface area contributed by atoms with Crippen LogP contribution in [0.15, 0.2) is 88.7 Å². The molecule has 0 radical (unpaired) electrons. The van der Waals surface area contributed by atoms with Gasteiger partial charge in [0.15, 0.2) is 9.84 Å². The van der Waals surface area contributed by atoms with Crippen molar-refractivity contribution in [2.45, 2.75) is 16.7 Å². The molecule has 3 rings (SSSR count). The van der Waals surface area contributed by atoms with Gasteiger partial charge < -0.3 is 5.32 Å². The molecule has 3 aromatic rings. The average Bonchev–Trinajstić information content (AvgIpc) is 2.82. The van der Waals surface area contributed by atoms with Crippen LogP contribution in [0.5, 0.6) is 0 Å². The summed E-state index contributed by atoms with van der Waals surface area (Å²) in [4.78, 5) is 25.3. The van der Waals surface area contributed by atoms with E-state index in [9.17, 15) is 18.0 Å². The van der Waals surface area contributed by atoms with Crippen molar-refractivity contribution in [3.63, 3.8) is 0 Å². The lowest BCUT2D eigenvalue weighted by molar-refractivity contribution is -0.132. The highest BCUT2D eigenvalue weighted by Gasteiger charge is 2.27. The molecule has 1 atom stereocenters. The summed E-state index contributed by atoms with van der Waals surface area (Å²) in [5.74, 6) is -2.30. The van der Waals surface area contributed by atoms with E-state index >= 15 is 0 Å². The predicted molar refractivity (Wildman–Crippen MR) is 128 cm³/mol. The van der Waals surface area contributed by atoms with Gasteiger partial charge in [-0.1, -0.05) is 35.9 Å². The summed E-state index contributed by atoms with van der Waals surface area (Å²) >= 11 is 1.33. The zero-order chi connectivity index (χ0) is 23.8. The first-order chi connectivity index (χ1) is 15.8. The lowest BCUT2D eigenvalue weighted by Crippen LogP contribution is -2.34. The smallest absolute Gasteiger partial charge is 0.255 e. The van der Waals surface area contributed by atoms with Crippen LogP contribution in [0.3, 0.4) is 0 Å². The zero-order valence-corrected chi connectivity index (χ0v) is 19.5. The number of thioether (sulfide) groups is 1. The Morgan fingerprint density at radius 3 is 2.18 bits per heavy atom. The van der Waals surface area contributed by atoms with E-state index in [0.29, 0.717) is 11.3 Å². The molecule has 0 saturated heterocycles. The summed E-state index contributed by atoms with van der Waals surface area (Å²) in [6, 6.07) is 22.1. The van der Waals surface area contributed by atoms with Crippen LogP contribution in [0.1, 0.15) is 15.9 Å². The summed E-state index contributed by atoms with van der Waals surface area (Å²) in [5.41, 5.74) is 3.54. The van der Waals surface area contributed by atoms with E-state index in [1.54, 1.807) is 17.6 Å². The van der Waals surface area contributed by atoms with Crippen LogP contribution >= 0.6 is 11.8 Å². The van der Waals surface area contributed by atoms with Gasteiger partial charge in [0.1, 0.15) is 0 Å². The number of rotatable bonds is 9. The largest absolute Gasteiger partial charge is 0.322 e. The van der Waals surface area contributed by atoms with Crippen molar-refractivity contribution in [1.29, 1.82) is 0 Å². The van der Waals surface area contributed by atoms with Gasteiger partial charge in [-0.25, -0.2) is 13.9 Å². The van der Waals surface area contributed by atoms with Crippen LogP contribution in [-0.2, 0) is 14.6 Å². The predicted octanol–water partition coefficient (Wildman–Crippen LogP) is 3.93. The molecule has 0 bridgehead atoms. The topological polar surface area (TPSA) is 113 Å². The molecule has 0 spiro atoms. The molecule has 9 heteroatoms. The van der Waals surface area contributed by atoms with Crippen LogP contribution in [-0.4, -0.2) is 36.9 Å². The van der Waals surface area contributed by atoms with Crippen LogP contribution in [0, 0.1) is 12.8 Å². The number of hydrogen-bond donors (Lipinski definition) is 3. The van der Waals surface area contributed by atoms with Gasteiger partial charge in [0, 0.05) is 21.9 Å². The van der Waals surface area contributed by atoms with Crippen molar-refractivity contribution < 1.29 is 23.2 Å². The van der Waals surface area contributed by atoms with E-state index in [-0.39, 0.29) is 16.6 Å². The third-order valence-electron chi connectivity index (χ3n) is 4.88. The summed E-state index contributed by atoms with van der Waals surface area (Å²) in [6.07, 6.45) is 0. The fourth-order valence-corrected chi connectivity index (χ4v) is 5.72. The maximum atomic E-state index is 12.9. The molecular formula is C24H24N2O5S2. The molecule has 3 aromatic carbocycles. The first-order valence-electron chi connectivity index (χ1n) is 10.1. The summed E-state index contributed by atoms with van der Waals surface area (Å²) in [5, 5.41) is 11.8. The van der Waals surface area contributed by atoms with E-state index in [4.69, 9.17) is 5.21 Å². The highest BCUT2D eigenvalue weighted by molar-refractivity contribution is 7.99. The van der Waals surface area contributed by atoms with Crippen molar-refractivity contribution in [1.82, 2.24) is 5.48 Å². The molecule has 0 fully saturated rings. The zero-order valence-electron chi connectivity index (χ0n) is 17.9. The third kappa shape index (κ3) is 6.92. The Labute approximate surface area is 197 Å². The molecule has 0 aromatic heterocycles. The highest BCUT2D eigenvalue weighted by Crippen LogP contribution is 2.24. The monoisotopic (exact) mass is 484 g/mol. The van der Waals surface area contributed by atoms with Crippen molar-refractivity contribution in [3.8, 4) is 0 Å². The van der Waals surface area contributed by atoms with Crippen LogP contribution in [0.2, 0.25) is 0 Å². The van der Waals surface area contributed by atoms with Crippen molar-refractivity contribution in [2.75, 3.05) is 16.8 Å². The van der Waals surface area contributed by atoms with Crippen LogP contribution < -0.4 is 10.8 Å². The summed E-state index contributed by atoms with van der Waals surface area (Å²) in [6.45, 7) is 1.93. The number of carbonyl (C=O) groups is 2. The number of aryl methyl sites for hydroxylation is 1. The van der Waals surface area contributed by atoms with E-state index in [1.165, 1.54) is 36.0 Å². The van der Waals surface area contributed by atoms with E-state index in [0.717, 1.165) is 10.5 Å². The van der Waals surface area contributed by atoms with Gasteiger partial charge in [0.25, 0.3) is 5.91 Å². The van der Waals surface area contributed by atoms with E-state index in [1.807, 2.05) is 49.4 Å². The lowest BCUT2D eigenvalue weighted by Gasteiger charge is -2.15. The van der Waals surface area contributed by atoms with Gasteiger partial charge in [-0.15, -0.1) is 11.8 Å². The van der Waals surface area contributed by atoms with Gasteiger partial charge in [-0.2, -0.15) is 0 Å². The molecule has 0 aliphatic rings. The molecule has 33 heavy (non-hydrogen) atoms. The molecule has 0 heterocycles. The van der Waals surface area contributed by atoms with Crippen molar-refractivity contribution in [3.05, 3.63) is 90.0 Å². The number of hydrogen-bond acceptors (Lipinski definition) is 6. The lowest BCUT2D eigenvalue weighted by atomic mass is 10.1. The number of amides is 2. The Balaban J connectivity index is 1.67. The Kier molecular flexibility index (Phi) is 8.26. The van der Waals surface area contributed by atoms with Gasteiger partial charge in [-0.3, -0.25) is 14.8 Å². The summed E-state index contributed by atoms with van der Waals surface area (Å²) in [7, 11) is -3.82. The maximum Gasteiger partial charge on any atom is 0.255 e. The first kappa shape index (κ1) is 24.5. The van der Waals surface area contributed by atoms with Gasteiger partial charge in [0.2, 0.25) is 5.91 Å². The fraction of sp³-hybridized carbons (Fsp3) is 0.167. The number of carbonyl (C=O) groups excluding carboxylic acids is 2. The molecular weight excluding hydrogens is 460 g/mol. The average molecular weight is 485 g/mol. The Bertz CT molecular complexity index is 1200. The quantitative estimate of drug-likeness (QED) is 0.241. The number of sulfone groups is 1. The van der Waals surface area contributed by atoms with E-state index in [2.05, 4.69) is 5.32 Å². The molecule has 0 saturated carbocycles. The minimum absolute atomic E-state index is 0.0243. The SMILES string of the molecule is Cc1ccc(C(=O)Nc2ccc(S(=O)(=O)CC(CSc3ccccc3)C(=O)NO)cc2)cc1. The van der Waals surface area contributed by atoms with Gasteiger partial charge >= 0.3 is 0 Å². The molecule has 2 amide bonds. The summed E-state index contributed by atoms with van der Waals surface area (Å²) < 4.78 is 25.8. The van der Waals surface area contributed by atoms with Crippen molar-refractivity contribution >= 4 is 39.1 Å². The fourth-order valence-electron chi connectivity index (χ4n) is 3.02. The van der Waals surface area contributed by atoms with E-state index < -0.39 is 27.4 Å². The second kappa shape index (κ2) is 11.1. The minimum Gasteiger partial charge on any atom is -0.322 e. The molecule has 7 nitrogen and oxygen atoms in total. The maximum absolute atomic E-state index is 12.9. The molecule has 3 N–H and O–H groups in total. The number of hydroxylamine groups is 1. The van der Waals surface area contributed by atoms with Crippen molar-refractivity contribution in [2.24, 2.45) is 5.92 Å². The number of benzene rings is 3. The van der Waals surface area contributed by atoms with Gasteiger partial charge in [-0.05, 0) is 55.5 Å². The number of anilines is 1. The third-order valence-corrected chi connectivity index (χ3v) is 7.89. The van der Waals surface area contributed by atoms with Crippen LogP contribution in [0.25, 0.3) is 0 Å². The highest BCUT2D eigenvalue weighted by atomic mass is 32.2. The molecule has 0 aliphatic carbocycles. The van der Waals surface area contributed by atoms with Gasteiger partial charge in [0.05, 0.1) is 16.6 Å². The second-order valence-electron chi connectivity index (χ2n) is 7.42. The molecule has 172 valence electrons. The number of nitrogens with one attached hydrogen (secondary N) is 2. The molecule has 1 unspecified atom stereocenters. The minimum atomic E-state index is -3.82. The Morgan fingerprint density at radius 2 is 1.58 bits per heavy atom. The normalized spacial score (nSPS) is 12.1. The second-order valence-corrected chi connectivity index (χ2v) is 10.6. The van der Waals surface area contributed by atoms with Crippen LogP contribution in [0.4, 0.5) is 5.69 Å². The first-order valence-corrected chi connectivity index (χ1v) is 12.7. The standard InChI is InChI=1S/C24H24N2O5S2/c1-17-7-9-18(10-8-17)23(27)25-20-11-13-22(14-12-20)33(30,31)16-19(24(28)26-29)15-32-21-5-3-2-4-6-21/h2-14,19,29H,15-16H2,1H3,(H,25,27)(H,26,28). The molecule has 0 aliphatic heterocycles. The Hall–Kier alpha value is -3.14. The Morgan fingerprint density at radius 1 is 0.939 bits per heavy atom.